The van der Waals surface area contributed by atoms with Gasteiger partial charge in [-0.3, -0.25) is 9.69 Å². The van der Waals surface area contributed by atoms with Crippen molar-refractivity contribution >= 4 is 16.8 Å². The molecule has 152 valence electrons. The van der Waals surface area contributed by atoms with Gasteiger partial charge in [0.05, 0.1) is 19.1 Å². The van der Waals surface area contributed by atoms with Crippen molar-refractivity contribution in [3.63, 3.8) is 0 Å². The molecule has 0 spiro atoms. The standard InChI is InChI=1S/C22H30N4O.ClH/c1-16-6-7-19-18(14-16)17-4-3-5-20-22(17)26(19)13-12-25(20)21(27)15-24-10-8-23(2)9-11-24;/h6-7,14,20H,3-5,8-13,15H2,1-2H3;1H. The van der Waals surface area contributed by atoms with Gasteiger partial charge in [0.1, 0.15) is 0 Å². The third kappa shape index (κ3) is 3.23. The van der Waals surface area contributed by atoms with Crippen LogP contribution in [0.2, 0.25) is 0 Å². The van der Waals surface area contributed by atoms with Crippen LogP contribution in [-0.4, -0.2) is 66.6 Å². The first-order valence-corrected chi connectivity index (χ1v) is 10.5. The molecule has 1 fully saturated rings. The van der Waals surface area contributed by atoms with E-state index in [1.165, 1.54) is 39.0 Å². The fourth-order valence-corrected chi connectivity index (χ4v) is 5.44. The highest BCUT2D eigenvalue weighted by Crippen LogP contribution is 2.42. The van der Waals surface area contributed by atoms with Gasteiger partial charge in [-0.1, -0.05) is 11.6 Å². The normalized spacial score (nSPS) is 22.8. The van der Waals surface area contributed by atoms with Crippen LogP contribution in [0, 0.1) is 6.92 Å². The SMILES string of the molecule is Cc1ccc2c(c1)c1c3n2CCN(C(=O)C[NH+]2CCN(C)CC2)C3CCC1.[Cl-]. The van der Waals surface area contributed by atoms with E-state index in [0.717, 1.165) is 52.1 Å². The van der Waals surface area contributed by atoms with E-state index >= 15 is 0 Å². The number of nitrogens with zero attached hydrogens (tertiary/aromatic N) is 3. The number of amides is 1. The largest absolute Gasteiger partial charge is 1.00 e. The van der Waals surface area contributed by atoms with Crippen molar-refractivity contribution in [2.75, 3.05) is 46.3 Å². The second kappa shape index (κ2) is 7.69. The molecule has 1 N–H and O–H groups in total. The lowest BCUT2D eigenvalue weighted by molar-refractivity contribution is -0.896. The number of hydrogen-bond donors (Lipinski definition) is 1. The van der Waals surface area contributed by atoms with Crippen LogP contribution in [0.1, 0.15) is 35.7 Å². The van der Waals surface area contributed by atoms with Crippen molar-refractivity contribution in [1.29, 1.82) is 0 Å². The van der Waals surface area contributed by atoms with Crippen molar-refractivity contribution in [3.8, 4) is 0 Å². The lowest BCUT2D eigenvalue weighted by atomic mass is 9.89. The highest BCUT2D eigenvalue weighted by molar-refractivity contribution is 5.87. The predicted octanol–water partition coefficient (Wildman–Crippen LogP) is -2.00. The highest BCUT2D eigenvalue weighted by Gasteiger charge is 2.38. The molecule has 1 saturated heterocycles. The Morgan fingerprint density at radius 3 is 2.75 bits per heavy atom. The van der Waals surface area contributed by atoms with Gasteiger partial charge in [-0.25, -0.2) is 0 Å². The molecule has 5 nitrogen and oxygen atoms in total. The second-order valence-electron chi connectivity index (χ2n) is 8.76. The predicted molar refractivity (Wildman–Crippen MR) is 107 cm³/mol. The maximum absolute atomic E-state index is 13.2. The van der Waals surface area contributed by atoms with E-state index in [-0.39, 0.29) is 18.4 Å². The quantitative estimate of drug-likeness (QED) is 0.630. The van der Waals surface area contributed by atoms with Gasteiger partial charge in [0.25, 0.3) is 5.91 Å². The molecule has 1 aliphatic carbocycles. The Kier molecular flexibility index (Phi) is 5.43. The molecule has 2 aliphatic heterocycles. The number of benzene rings is 1. The number of fused-ring (bicyclic) bond motifs is 3. The van der Waals surface area contributed by atoms with Crippen LogP contribution in [0.15, 0.2) is 18.2 Å². The number of hydrogen-bond acceptors (Lipinski definition) is 2. The van der Waals surface area contributed by atoms with Crippen molar-refractivity contribution < 1.29 is 22.1 Å². The van der Waals surface area contributed by atoms with Crippen LogP contribution in [0.3, 0.4) is 0 Å². The van der Waals surface area contributed by atoms with Gasteiger partial charge in [0.2, 0.25) is 0 Å². The number of nitrogens with one attached hydrogen (secondary N) is 1. The average Bonchev–Trinajstić information content (AvgIpc) is 2.99. The van der Waals surface area contributed by atoms with Gasteiger partial charge < -0.3 is 26.8 Å². The Balaban J connectivity index is 0.00000192. The van der Waals surface area contributed by atoms with Crippen LogP contribution in [0.25, 0.3) is 10.9 Å². The van der Waals surface area contributed by atoms with Crippen LogP contribution in [-0.2, 0) is 17.8 Å². The summed E-state index contributed by atoms with van der Waals surface area (Å²) in [5.74, 6) is 0.361. The molecular weight excluding hydrogens is 372 g/mol. The van der Waals surface area contributed by atoms with Gasteiger partial charge in [-0.15, -0.1) is 0 Å². The number of halogens is 1. The molecule has 1 unspecified atom stereocenters. The zero-order valence-corrected chi connectivity index (χ0v) is 17.8. The van der Waals surface area contributed by atoms with Crippen LogP contribution in [0.5, 0.6) is 0 Å². The van der Waals surface area contributed by atoms with E-state index in [0.29, 0.717) is 12.5 Å². The van der Waals surface area contributed by atoms with E-state index in [4.69, 9.17) is 0 Å². The van der Waals surface area contributed by atoms with Crippen LogP contribution < -0.4 is 17.3 Å². The average molecular weight is 403 g/mol. The number of aryl methyl sites for hydroxylation is 2. The highest BCUT2D eigenvalue weighted by atomic mass is 35.5. The van der Waals surface area contributed by atoms with Crippen LogP contribution in [0.4, 0.5) is 0 Å². The Labute approximate surface area is 173 Å². The molecule has 0 bridgehead atoms. The summed E-state index contributed by atoms with van der Waals surface area (Å²) in [7, 11) is 2.17. The molecule has 0 saturated carbocycles. The van der Waals surface area contributed by atoms with Crippen LogP contribution >= 0.6 is 0 Å². The Morgan fingerprint density at radius 2 is 1.96 bits per heavy atom. The minimum atomic E-state index is 0. The molecule has 6 heteroatoms. The third-order valence-corrected chi connectivity index (χ3v) is 6.94. The number of rotatable bonds is 2. The molecular formula is C22H31ClN4O. The molecule has 3 heterocycles. The number of likely N-dealkylation sites (N-methyl/N-ethyl adjacent to an activating group) is 1. The third-order valence-electron chi connectivity index (χ3n) is 6.94. The summed E-state index contributed by atoms with van der Waals surface area (Å²) in [5, 5.41) is 1.42. The number of aromatic nitrogens is 1. The summed E-state index contributed by atoms with van der Waals surface area (Å²) >= 11 is 0. The van der Waals surface area contributed by atoms with E-state index in [9.17, 15) is 4.79 Å². The molecule has 0 radical (unpaired) electrons. The zero-order valence-electron chi connectivity index (χ0n) is 17.0. The van der Waals surface area contributed by atoms with E-state index < -0.39 is 0 Å². The maximum Gasteiger partial charge on any atom is 0.278 e. The summed E-state index contributed by atoms with van der Waals surface area (Å²) in [6.45, 7) is 9.03. The van der Waals surface area contributed by atoms with Crippen molar-refractivity contribution in [1.82, 2.24) is 14.4 Å². The van der Waals surface area contributed by atoms with E-state index in [2.05, 4.69) is 46.5 Å². The first-order valence-electron chi connectivity index (χ1n) is 10.5. The molecule has 5 rings (SSSR count). The van der Waals surface area contributed by atoms with E-state index in [1.807, 2.05) is 0 Å². The molecule has 1 aromatic carbocycles. The number of carbonyl (C=O) groups excluding carboxylic acids is 1. The number of carbonyl (C=O) groups is 1. The topological polar surface area (TPSA) is 32.9 Å². The van der Waals surface area contributed by atoms with Gasteiger partial charge >= 0.3 is 0 Å². The minimum absolute atomic E-state index is 0. The Bertz CT molecular complexity index is 884. The summed E-state index contributed by atoms with van der Waals surface area (Å²) < 4.78 is 2.51. The lowest BCUT2D eigenvalue weighted by Gasteiger charge is -2.40. The van der Waals surface area contributed by atoms with Crippen molar-refractivity contribution in [3.05, 3.63) is 35.0 Å². The zero-order chi connectivity index (χ0) is 18.5. The second-order valence-corrected chi connectivity index (χ2v) is 8.76. The summed E-state index contributed by atoms with van der Waals surface area (Å²) in [6.07, 6.45) is 3.46. The minimum Gasteiger partial charge on any atom is -1.00 e. The summed E-state index contributed by atoms with van der Waals surface area (Å²) in [6, 6.07) is 7.14. The Hall–Kier alpha value is -1.56. The lowest BCUT2D eigenvalue weighted by Crippen LogP contribution is -3.15. The van der Waals surface area contributed by atoms with Crippen molar-refractivity contribution in [2.45, 2.75) is 38.8 Å². The van der Waals surface area contributed by atoms with Gasteiger partial charge in [-0.2, -0.15) is 0 Å². The Morgan fingerprint density at radius 1 is 1.18 bits per heavy atom. The summed E-state index contributed by atoms with van der Waals surface area (Å²) in [4.78, 5) is 19.2. The molecule has 28 heavy (non-hydrogen) atoms. The fourth-order valence-electron chi connectivity index (χ4n) is 5.44. The first kappa shape index (κ1) is 19.7. The van der Waals surface area contributed by atoms with Gasteiger partial charge in [0.15, 0.2) is 6.54 Å². The monoisotopic (exact) mass is 402 g/mol. The first-order chi connectivity index (χ1) is 13.1. The number of quaternary nitrogens is 1. The van der Waals surface area contributed by atoms with E-state index in [1.54, 1.807) is 0 Å². The molecule has 1 aromatic heterocycles. The maximum atomic E-state index is 13.2. The molecule has 2 aromatic rings. The summed E-state index contributed by atoms with van der Waals surface area (Å²) in [5.41, 5.74) is 5.65. The van der Waals surface area contributed by atoms with Gasteiger partial charge in [0, 0.05) is 42.8 Å². The smallest absolute Gasteiger partial charge is 0.278 e. The molecule has 1 atom stereocenters. The molecule has 1 amide bonds. The number of piperazine rings is 1. The van der Waals surface area contributed by atoms with Crippen molar-refractivity contribution in [2.24, 2.45) is 0 Å². The molecule has 3 aliphatic rings. The van der Waals surface area contributed by atoms with Gasteiger partial charge in [-0.05, 0) is 50.9 Å². The fraction of sp³-hybridized carbons (Fsp3) is 0.591.